The van der Waals surface area contributed by atoms with E-state index in [1.165, 1.54) is 0 Å². The summed E-state index contributed by atoms with van der Waals surface area (Å²) < 4.78 is 0. The van der Waals surface area contributed by atoms with Crippen LogP contribution in [0.5, 0.6) is 0 Å². The number of carbonyl (C=O) groups is 2. The smallest absolute Gasteiger partial charge is 0.543 e. The minimum Gasteiger partial charge on any atom is -0.543 e. The number of carboxylic acids is 2. The van der Waals surface area contributed by atoms with Gasteiger partial charge >= 0.3 is 19.5 Å². The monoisotopic (exact) mass is 211 g/mol. The van der Waals surface area contributed by atoms with Crippen molar-refractivity contribution >= 4 is 11.9 Å². The average molecular weight is 212 g/mol. The van der Waals surface area contributed by atoms with E-state index in [0.29, 0.717) is 0 Å². The van der Waals surface area contributed by atoms with Crippen molar-refractivity contribution in [1.82, 2.24) is 0 Å². The number of carboxylic acid groups (broad SMARTS) is 2. The number of hydrogen-bond donors (Lipinski definition) is 0. The van der Waals surface area contributed by atoms with Crippen LogP contribution in [0.3, 0.4) is 0 Å². The summed E-state index contributed by atoms with van der Waals surface area (Å²) in [5, 5.41) is 17.9. The van der Waals surface area contributed by atoms with Crippen LogP contribution in [0, 0.1) is 0 Å². The second-order valence-electron chi connectivity index (χ2n) is 0.575. The van der Waals surface area contributed by atoms with Crippen LogP contribution in [0.25, 0.3) is 0 Å². The zero-order chi connectivity index (χ0) is 5.15. The molecule has 0 bridgehead atoms. The Bertz CT molecular complexity index is 80.0. The molecular weight excluding hydrogens is 212 g/mol. The first-order chi connectivity index (χ1) is 2.64. The Balaban J connectivity index is -0.000000125. The fraction of sp³-hybridized carbons (Fsp3) is 0. The van der Waals surface area contributed by atoms with Crippen molar-refractivity contribution in [1.29, 1.82) is 0 Å². The Kier molecular flexibility index (Phi) is 13.9. The summed E-state index contributed by atoms with van der Waals surface area (Å²) in [5.74, 6) is -4.37. The first-order valence-electron chi connectivity index (χ1n) is 1.07. The van der Waals surface area contributed by atoms with Gasteiger partial charge in [-0.3, -0.25) is 0 Å². The van der Waals surface area contributed by atoms with E-state index < -0.39 is 11.9 Å². The molecule has 0 saturated carbocycles. The number of carbonyl (C=O) groups excluding carboxylic acids is 2. The Morgan fingerprint density at radius 1 is 1.00 bits per heavy atom. The van der Waals surface area contributed by atoms with Crippen molar-refractivity contribution in [3.63, 3.8) is 0 Å². The molecule has 1 radical (unpaired) electrons. The molecule has 0 spiro atoms. The minimum atomic E-state index is -2.19. The summed E-state index contributed by atoms with van der Waals surface area (Å²) in [5.41, 5.74) is 0. The largest absolute Gasteiger partial charge is 2.00 e. The van der Waals surface area contributed by atoms with E-state index in [1.807, 2.05) is 0 Å². The normalized spacial score (nSPS) is 5.50. The molecule has 0 unspecified atom stereocenters. The van der Waals surface area contributed by atoms with Crippen LogP contribution in [-0.2, 0) is 45.8 Å². The standard InChI is InChI=1S/C2H2O4.Co.Zn/c3-1(4)2(5)6;;/h(H,3,4)(H,5,6);;/q;;+2/p-2. The summed E-state index contributed by atoms with van der Waals surface area (Å²) in [6, 6.07) is 0. The van der Waals surface area contributed by atoms with E-state index in [1.54, 1.807) is 0 Å². The summed E-state index contributed by atoms with van der Waals surface area (Å²) in [7, 11) is 0. The Morgan fingerprint density at radius 3 is 1.12 bits per heavy atom. The fourth-order valence-electron chi connectivity index (χ4n) is 0. The maximum atomic E-state index is 8.93. The predicted octanol–water partition coefficient (Wildman–Crippen LogP) is -3.52. The van der Waals surface area contributed by atoms with Crippen LogP contribution >= 0.6 is 0 Å². The van der Waals surface area contributed by atoms with Crippen molar-refractivity contribution in [2.24, 2.45) is 0 Å². The molecule has 0 aromatic heterocycles. The summed E-state index contributed by atoms with van der Waals surface area (Å²) in [6.45, 7) is 0. The van der Waals surface area contributed by atoms with Gasteiger partial charge in [0, 0.05) is 16.8 Å². The second kappa shape index (κ2) is 7.07. The molecule has 0 aliphatic rings. The molecule has 0 amide bonds. The van der Waals surface area contributed by atoms with Crippen LogP contribution in [0.2, 0.25) is 0 Å². The van der Waals surface area contributed by atoms with Gasteiger partial charge in [-0.1, -0.05) is 0 Å². The molecule has 0 aromatic rings. The zero-order valence-electron chi connectivity index (χ0n) is 3.67. The maximum Gasteiger partial charge on any atom is 2.00 e. The topological polar surface area (TPSA) is 80.3 Å². The molecule has 4 nitrogen and oxygen atoms in total. The fourth-order valence-corrected chi connectivity index (χ4v) is 0. The third kappa shape index (κ3) is 9.42. The van der Waals surface area contributed by atoms with Gasteiger partial charge in [0.05, 0.1) is 11.9 Å². The van der Waals surface area contributed by atoms with Crippen molar-refractivity contribution in [3.8, 4) is 0 Å². The van der Waals surface area contributed by atoms with Crippen LogP contribution in [0.15, 0.2) is 0 Å². The van der Waals surface area contributed by atoms with Gasteiger partial charge in [0.2, 0.25) is 0 Å². The number of hydrogen-bond acceptors (Lipinski definition) is 4. The van der Waals surface area contributed by atoms with Crippen molar-refractivity contribution in [2.45, 2.75) is 0 Å². The third-order valence-corrected chi connectivity index (χ3v) is 0.167. The van der Waals surface area contributed by atoms with Crippen LogP contribution < -0.4 is 10.2 Å². The zero-order valence-corrected chi connectivity index (χ0v) is 7.68. The van der Waals surface area contributed by atoms with Gasteiger partial charge in [-0.2, -0.15) is 0 Å². The van der Waals surface area contributed by atoms with E-state index in [2.05, 4.69) is 0 Å². The molecule has 43 valence electrons. The molecule has 0 aliphatic heterocycles. The Labute approximate surface area is 68.2 Å². The summed E-state index contributed by atoms with van der Waals surface area (Å²) in [6.07, 6.45) is 0. The van der Waals surface area contributed by atoms with E-state index in [-0.39, 0.29) is 36.3 Å². The van der Waals surface area contributed by atoms with E-state index >= 15 is 0 Å². The van der Waals surface area contributed by atoms with Gasteiger partial charge in [-0.05, 0) is 0 Å². The molecular formula is C2CoO4Zn. The molecule has 0 atom stereocenters. The first-order valence-corrected chi connectivity index (χ1v) is 1.07. The second-order valence-corrected chi connectivity index (χ2v) is 0.575. The van der Waals surface area contributed by atoms with Gasteiger partial charge in [0.25, 0.3) is 0 Å². The molecule has 0 fully saturated rings. The molecule has 0 aromatic carbocycles. The van der Waals surface area contributed by atoms with Crippen LogP contribution in [0.1, 0.15) is 0 Å². The van der Waals surface area contributed by atoms with E-state index in [4.69, 9.17) is 19.8 Å². The number of aliphatic carboxylic acids is 2. The first kappa shape index (κ1) is 15.7. The quantitative estimate of drug-likeness (QED) is 0.308. The van der Waals surface area contributed by atoms with Gasteiger partial charge in [0.15, 0.2) is 0 Å². The minimum absolute atomic E-state index is 0. The van der Waals surface area contributed by atoms with Gasteiger partial charge in [-0.15, -0.1) is 0 Å². The summed E-state index contributed by atoms with van der Waals surface area (Å²) >= 11 is 0. The number of rotatable bonds is 0. The van der Waals surface area contributed by atoms with Crippen LogP contribution in [-0.4, -0.2) is 11.9 Å². The molecule has 6 heteroatoms. The van der Waals surface area contributed by atoms with Crippen LogP contribution in [0.4, 0.5) is 0 Å². The van der Waals surface area contributed by atoms with Crippen molar-refractivity contribution < 1.29 is 56.1 Å². The molecule has 0 saturated heterocycles. The van der Waals surface area contributed by atoms with E-state index in [0.717, 1.165) is 0 Å². The van der Waals surface area contributed by atoms with Gasteiger partial charge < -0.3 is 19.8 Å². The molecule has 0 rings (SSSR count). The van der Waals surface area contributed by atoms with Crippen molar-refractivity contribution in [2.75, 3.05) is 0 Å². The Morgan fingerprint density at radius 2 is 1.12 bits per heavy atom. The predicted molar refractivity (Wildman–Crippen MR) is 10.0 cm³/mol. The van der Waals surface area contributed by atoms with E-state index in [9.17, 15) is 0 Å². The average Bonchev–Trinajstić information content (AvgIpc) is 1.36. The maximum absolute atomic E-state index is 8.93. The Hall–Kier alpha value is 0.0699. The molecule has 0 N–H and O–H groups in total. The van der Waals surface area contributed by atoms with Crippen molar-refractivity contribution in [3.05, 3.63) is 0 Å². The molecule has 0 aliphatic carbocycles. The molecule has 0 heterocycles. The molecule has 8 heavy (non-hydrogen) atoms. The third-order valence-electron chi connectivity index (χ3n) is 0.167. The van der Waals surface area contributed by atoms with Gasteiger partial charge in [0.1, 0.15) is 0 Å². The summed E-state index contributed by atoms with van der Waals surface area (Å²) in [4.78, 5) is 17.9. The van der Waals surface area contributed by atoms with Gasteiger partial charge in [-0.25, -0.2) is 0 Å². The SMILES string of the molecule is O=C([O-])C(=O)[O-].[Co].[Zn+2].